The van der Waals surface area contributed by atoms with Crippen LogP contribution in [0.5, 0.6) is 0 Å². The predicted molar refractivity (Wildman–Crippen MR) is 60.3 cm³/mol. The van der Waals surface area contributed by atoms with E-state index in [1.165, 1.54) is 7.11 Å². The third-order valence-electron chi connectivity index (χ3n) is 3.32. The van der Waals surface area contributed by atoms with E-state index in [1.807, 2.05) is 20.8 Å². The van der Waals surface area contributed by atoms with Crippen molar-refractivity contribution < 1.29 is 19.1 Å². The van der Waals surface area contributed by atoms with Crippen molar-refractivity contribution in [1.29, 1.82) is 0 Å². The summed E-state index contributed by atoms with van der Waals surface area (Å²) in [6.45, 7) is 6.76. The molecule has 2 fully saturated rings. The van der Waals surface area contributed by atoms with Crippen molar-refractivity contribution in [2.45, 2.75) is 26.4 Å². The van der Waals surface area contributed by atoms with Gasteiger partial charge in [-0.25, -0.2) is 4.79 Å². The van der Waals surface area contributed by atoms with Gasteiger partial charge in [-0.3, -0.25) is 4.79 Å². The summed E-state index contributed by atoms with van der Waals surface area (Å²) in [6.07, 6.45) is -0.284. The van der Waals surface area contributed by atoms with Gasteiger partial charge in [-0.15, -0.1) is 0 Å². The van der Waals surface area contributed by atoms with Gasteiger partial charge in [0.15, 0.2) is 0 Å². The molecule has 0 N–H and O–H groups in total. The van der Waals surface area contributed by atoms with E-state index < -0.39 is 5.60 Å². The van der Waals surface area contributed by atoms with Crippen molar-refractivity contribution in [3.05, 3.63) is 0 Å². The molecule has 5 heteroatoms. The number of carbonyl (C=O) groups is 2. The van der Waals surface area contributed by atoms with E-state index in [0.717, 1.165) is 0 Å². The average Bonchev–Trinajstić information content (AvgIpc) is 2.69. The number of amides is 1. The van der Waals surface area contributed by atoms with Gasteiger partial charge in [0.25, 0.3) is 0 Å². The lowest BCUT2D eigenvalue weighted by atomic mass is 10.2. The van der Waals surface area contributed by atoms with E-state index >= 15 is 0 Å². The van der Waals surface area contributed by atoms with Crippen LogP contribution in [0.3, 0.4) is 0 Å². The number of carbonyl (C=O) groups excluding carboxylic acids is 2. The van der Waals surface area contributed by atoms with Crippen LogP contribution in [0, 0.1) is 17.8 Å². The predicted octanol–water partition coefficient (Wildman–Crippen LogP) is 1.27. The maximum absolute atomic E-state index is 11.8. The van der Waals surface area contributed by atoms with Crippen molar-refractivity contribution in [1.82, 2.24) is 4.90 Å². The Morgan fingerprint density at radius 1 is 1.18 bits per heavy atom. The molecule has 5 nitrogen and oxygen atoms in total. The summed E-state index contributed by atoms with van der Waals surface area (Å²) >= 11 is 0. The number of hydrogen-bond donors (Lipinski definition) is 0. The van der Waals surface area contributed by atoms with Crippen molar-refractivity contribution in [3.63, 3.8) is 0 Å². The molecule has 0 aromatic rings. The second kappa shape index (κ2) is 3.89. The average molecular weight is 241 g/mol. The fraction of sp³-hybridized carbons (Fsp3) is 0.833. The Labute approximate surface area is 101 Å². The van der Waals surface area contributed by atoms with E-state index in [9.17, 15) is 9.59 Å². The number of rotatable bonds is 1. The van der Waals surface area contributed by atoms with Crippen LogP contribution in [0.1, 0.15) is 20.8 Å². The van der Waals surface area contributed by atoms with Crippen LogP contribution in [-0.4, -0.2) is 42.8 Å². The van der Waals surface area contributed by atoms with Crippen LogP contribution in [-0.2, 0) is 14.3 Å². The lowest BCUT2D eigenvalue weighted by Crippen LogP contribution is -2.37. The maximum atomic E-state index is 11.8. The lowest BCUT2D eigenvalue weighted by molar-refractivity contribution is -0.143. The molecule has 0 bridgehead atoms. The van der Waals surface area contributed by atoms with Crippen LogP contribution in [0.2, 0.25) is 0 Å². The molecule has 96 valence electrons. The molecule has 0 aromatic heterocycles. The smallest absolute Gasteiger partial charge is 0.410 e. The van der Waals surface area contributed by atoms with Gasteiger partial charge < -0.3 is 14.4 Å². The number of piperidine rings is 1. The van der Waals surface area contributed by atoms with Crippen LogP contribution < -0.4 is 0 Å². The number of esters is 1. The normalized spacial score (nSPS) is 30.8. The summed E-state index contributed by atoms with van der Waals surface area (Å²) in [5.74, 6) is 0.396. The van der Waals surface area contributed by atoms with Gasteiger partial charge in [0.2, 0.25) is 0 Å². The first-order valence-electron chi connectivity index (χ1n) is 5.89. The first-order valence-corrected chi connectivity index (χ1v) is 5.89. The Bertz CT molecular complexity index is 335. The monoisotopic (exact) mass is 241 g/mol. The fourth-order valence-corrected chi connectivity index (χ4v) is 2.49. The number of nitrogens with zero attached hydrogens (tertiary/aromatic N) is 1. The molecule has 1 aliphatic heterocycles. The molecule has 1 heterocycles. The summed E-state index contributed by atoms with van der Waals surface area (Å²) in [5, 5.41) is 0. The van der Waals surface area contributed by atoms with Gasteiger partial charge >= 0.3 is 12.1 Å². The minimum absolute atomic E-state index is 0.00122. The molecule has 1 saturated carbocycles. The van der Waals surface area contributed by atoms with Gasteiger partial charge in [-0.2, -0.15) is 0 Å². The quantitative estimate of drug-likeness (QED) is 0.649. The lowest BCUT2D eigenvalue weighted by Gasteiger charge is -2.25. The molecule has 0 spiro atoms. The van der Waals surface area contributed by atoms with Gasteiger partial charge in [0.05, 0.1) is 13.0 Å². The Morgan fingerprint density at radius 2 is 1.71 bits per heavy atom. The molecular formula is C12H19NO4. The van der Waals surface area contributed by atoms with Crippen LogP contribution >= 0.6 is 0 Å². The minimum atomic E-state index is -0.467. The van der Waals surface area contributed by atoms with Gasteiger partial charge in [0, 0.05) is 13.1 Å². The number of methoxy groups -OCH3 is 1. The Morgan fingerprint density at radius 3 is 2.12 bits per heavy atom. The summed E-state index contributed by atoms with van der Waals surface area (Å²) < 4.78 is 10.00. The maximum Gasteiger partial charge on any atom is 0.410 e. The summed E-state index contributed by atoms with van der Waals surface area (Å²) in [6, 6.07) is 0. The largest absolute Gasteiger partial charge is 0.469 e. The van der Waals surface area contributed by atoms with Crippen LogP contribution in [0.15, 0.2) is 0 Å². The second-order valence-corrected chi connectivity index (χ2v) is 5.76. The third kappa shape index (κ3) is 2.37. The van der Waals surface area contributed by atoms with Gasteiger partial charge in [0.1, 0.15) is 5.60 Å². The summed E-state index contributed by atoms with van der Waals surface area (Å²) in [5.41, 5.74) is -0.467. The van der Waals surface area contributed by atoms with E-state index in [0.29, 0.717) is 13.1 Å². The number of ether oxygens (including phenoxy) is 2. The highest BCUT2D eigenvalue weighted by molar-refractivity contribution is 5.78. The Balaban J connectivity index is 1.83. The highest BCUT2D eigenvalue weighted by Gasteiger charge is 2.61. The molecule has 2 aliphatic rings. The Kier molecular flexibility index (Phi) is 2.79. The van der Waals surface area contributed by atoms with E-state index in [4.69, 9.17) is 9.47 Å². The molecule has 3 atom stereocenters. The molecular weight excluding hydrogens is 222 g/mol. The van der Waals surface area contributed by atoms with E-state index in [1.54, 1.807) is 4.90 Å². The molecule has 0 radical (unpaired) electrons. The Hall–Kier alpha value is -1.26. The number of fused-ring (bicyclic) bond motifs is 1. The van der Waals surface area contributed by atoms with Crippen molar-refractivity contribution >= 4 is 12.1 Å². The zero-order valence-corrected chi connectivity index (χ0v) is 10.7. The van der Waals surface area contributed by atoms with Gasteiger partial charge in [-0.1, -0.05) is 0 Å². The highest BCUT2D eigenvalue weighted by atomic mass is 16.6. The molecule has 1 aliphatic carbocycles. The van der Waals surface area contributed by atoms with Crippen molar-refractivity contribution in [2.75, 3.05) is 20.2 Å². The van der Waals surface area contributed by atoms with Crippen LogP contribution in [0.4, 0.5) is 4.79 Å². The first kappa shape index (κ1) is 12.2. The SMILES string of the molecule is COC(=O)[C@H]1[C@@H]2CN(C(=O)OC(C)(C)C)C[C@@H]21. The fourth-order valence-electron chi connectivity index (χ4n) is 2.49. The molecule has 1 amide bonds. The standard InChI is InChI=1S/C12H19NO4/c1-12(2,3)17-11(15)13-5-7-8(6-13)9(7)10(14)16-4/h7-9H,5-6H2,1-4H3/t7-,8+,9+. The summed E-state index contributed by atoms with van der Waals surface area (Å²) in [4.78, 5) is 24.8. The topological polar surface area (TPSA) is 55.8 Å². The summed E-state index contributed by atoms with van der Waals surface area (Å²) in [7, 11) is 1.40. The molecule has 17 heavy (non-hydrogen) atoms. The number of likely N-dealkylation sites (tertiary alicyclic amines) is 1. The second-order valence-electron chi connectivity index (χ2n) is 5.76. The molecule has 0 aromatic carbocycles. The first-order chi connectivity index (χ1) is 7.83. The van der Waals surface area contributed by atoms with Crippen LogP contribution in [0.25, 0.3) is 0 Å². The highest BCUT2D eigenvalue weighted by Crippen LogP contribution is 2.52. The third-order valence-corrected chi connectivity index (χ3v) is 3.32. The molecule has 2 rings (SSSR count). The molecule has 0 unspecified atom stereocenters. The van der Waals surface area contributed by atoms with Gasteiger partial charge in [-0.05, 0) is 32.6 Å². The molecule has 1 saturated heterocycles. The van der Waals surface area contributed by atoms with Crippen molar-refractivity contribution in [2.24, 2.45) is 17.8 Å². The van der Waals surface area contributed by atoms with Crippen molar-refractivity contribution in [3.8, 4) is 0 Å². The zero-order valence-electron chi connectivity index (χ0n) is 10.7. The van der Waals surface area contributed by atoms with E-state index in [-0.39, 0.29) is 29.8 Å². The van der Waals surface area contributed by atoms with E-state index in [2.05, 4.69) is 0 Å². The minimum Gasteiger partial charge on any atom is -0.469 e. The zero-order chi connectivity index (χ0) is 12.8. The number of hydrogen-bond acceptors (Lipinski definition) is 4.